The minimum absolute atomic E-state index is 0.648. The monoisotopic (exact) mass is 321 g/mol. The second-order valence-corrected chi connectivity index (χ2v) is 6.11. The molecule has 114 valence electrons. The van der Waals surface area contributed by atoms with Gasteiger partial charge in [0.25, 0.3) is 0 Å². The van der Waals surface area contributed by atoms with E-state index >= 15 is 0 Å². The molecule has 0 unspecified atom stereocenters. The van der Waals surface area contributed by atoms with Gasteiger partial charge < -0.3 is 0 Å². The van der Waals surface area contributed by atoms with Gasteiger partial charge in [0, 0.05) is 5.75 Å². The van der Waals surface area contributed by atoms with Crippen LogP contribution in [0.25, 0.3) is 5.69 Å². The molecule has 3 aromatic rings. The van der Waals surface area contributed by atoms with Crippen molar-refractivity contribution in [2.75, 3.05) is 0 Å². The third kappa shape index (κ3) is 3.10. The van der Waals surface area contributed by atoms with E-state index in [-0.39, 0.29) is 0 Å². The van der Waals surface area contributed by atoms with Crippen LogP contribution < -0.4 is 0 Å². The third-order valence-electron chi connectivity index (χ3n) is 3.59. The van der Waals surface area contributed by atoms with Gasteiger partial charge in [-0.1, -0.05) is 48.2 Å². The van der Waals surface area contributed by atoms with Crippen molar-refractivity contribution in [3.8, 4) is 11.8 Å². The molecule has 0 radical (unpaired) electrons. The topological polar surface area (TPSA) is 67.4 Å². The fourth-order valence-electron chi connectivity index (χ4n) is 2.45. The van der Waals surface area contributed by atoms with Crippen LogP contribution >= 0.6 is 11.8 Å². The van der Waals surface area contributed by atoms with Crippen LogP contribution in [-0.2, 0) is 5.75 Å². The molecule has 0 aliphatic rings. The number of benzene rings is 2. The number of nitriles is 1. The first-order valence-electron chi connectivity index (χ1n) is 7.16. The maximum Gasteiger partial charge on any atom is 0.214 e. The zero-order valence-corrected chi connectivity index (χ0v) is 13.7. The summed E-state index contributed by atoms with van der Waals surface area (Å²) in [5.74, 6) is 0.648. The van der Waals surface area contributed by atoms with Crippen molar-refractivity contribution in [1.29, 1.82) is 5.26 Å². The van der Waals surface area contributed by atoms with Crippen LogP contribution in [0, 0.1) is 25.2 Å². The van der Waals surface area contributed by atoms with E-state index in [2.05, 4.69) is 21.6 Å². The summed E-state index contributed by atoms with van der Waals surface area (Å²) in [6.45, 7) is 4.09. The minimum Gasteiger partial charge on any atom is -0.192 e. The van der Waals surface area contributed by atoms with E-state index in [0.717, 1.165) is 27.5 Å². The summed E-state index contributed by atoms with van der Waals surface area (Å²) in [5.41, 5.74) is 4.92. The molecule has 3 rings (SSSR count). The third-order valence-corrected chi connectivity index (χ3v) is 4.55. The predicted octanol–water partition coefficient (Wildman–Crippen LogP) is 3.44. The van der Waals surface area contributed by atoms with Crippen molar-refractivity contribution in [3.05, 3.63) is 64.7 Å². The molecule has 1 aromatic heterocycles. The van der Waals surface area contributed by atoms with Gasteiger partial charge in [0.15, 0.2) is 0 Å². The Balaban J connectivity index is 1.89. The van der Waals surface area contributed by atoms with E-state index in [1.807, 2.05) is 56.3 Å². The van der Waals surface area contributed by atoms with Gasteiger partial charge >= 0.3 is 0 Å². The van der Waals surface area contributed by atoms with Crippen LogP contribution in [-0.4, -0.2) is 20.2 Å². The first kappa shape index (κ1) is 15.3. The second-order valence-electron chi connectivity index (χ2n) is 5.17. The minimum atomic E-state index is 0.648. The van der Waals surface area contributed by atoms with Gasteiger partial charge in [0.1, 0.15) is 0 Å². The molecule has 0 aliphatic heterocycles. The highest BCUT2D eigenvalue weighted by atomic mass is 32.2. The Morgan fingerprint density at radius 3 is 2.57 bits per heavy atom. The van der Waals surface area contributed by atoms with E-state index in [4.69, 9.17) is 0 Å². The lowest BCUT2D eigenvalue weighted by Gasteiger charge is -2.10. The first-order chi connectivity index (χ1) is 11.2. The van der Waals surface area contributed by atoms with Crippen LogP contribution in [0.5, 0.6) is 0 Å². The van der Waals surface area contributed by atoms with Crippen LogP contribution in [0.1, 0.15) is 22.3 Å². The molecule has 5 nitrogen and oxygen atoms in total. The molecule has 23 heavy (non-hydrogen) atoms. The number of rotatable bonds is 4. The molecule has 2 aromatic carbocycles. The lowest BCUT2D eigenvalue weighted by atomic mass is 10.1. The Hall–Kier alpha value is -2.65. The molecule has 1 heterocycles. The lowest BCUT2D eigenvalue weighted by molar-refractivity contribution is 0.747. The smallest absolute Gasteiger partial charge is 0.192 e. The summed E-state index contributed by atoms with van der Waals surface area (Å²) >= 11 is 1.52. The van der Waals surface area contributed by atoms with Crippen LogP contribution in [0.4, 0.5) is 0 Å². The van der Waals surface area contributed by atoms with Gasteiger partial charge in [-0.05, 0) is 47.0 Å². The Morgan fingerprint density at radius 1 is 1.09 bits per heavy atom. The van der Waals surface area contributed by atoms with E-state index in [1.165, 1.54) is 11.8 Å². The number of hydrogen-bond donors (Lipinski definition) is 0. The highest BCUT2D eigenvalue weighted by molar-refractivity contribution is 7.98. The quantitative estimate of drug-likeness (QED) is 0.689. The highest BCUT2D eigenvalue weighted by Gasteiger charge is 2.14. The normalized spacial score (nSPS) is 10.5. The van der Waals surface area contributed by atoms with E-state index in [1.54, 1.807) is 4.68 Å². The maximum absolute atomic E-state index is 9.18. The van der Waals surface area contributed by atoms with Crippen molar-refractivity contribution in [3.63, 3.8) is 0 Å². The van der Waals surface area contributed by atoms with E-state index in [0.29, 0.717) is 11.3 Å². The van der Waals surface area contributed by atoms with Crippen molar-refractivity contribution in [2.24, 2.45) is 0 Å². The molecule has 0 atom stereocenters. The summed E-state index contributed by atoms with van der Waals surface area (Å²) in [4.78, 5) is 0. The van der Waals surface area contributed by atoms with Gasteiger partial charge in [-0.3, -0.25) is 0 Å². The van der Waals surface area contributed by atoms with Crippen LogP contribution in [0.15, 0.2) is 47.6 Å². The molecule has 0 aliphatic carbocycles. The summed E-state index contributed by atoms with van der Waals surface area (Å²) in [7, 11) is 0. The summed E-state index contributed by atoms with van der Waals surface area (Å²) in [6, 6.07) is 15.9. The summed E-state index contributed by atoms with van der Waals surface area (Å²) in [6.07, 6.45) is 0. The number of tetrazole rings is 1. The Bertz CT molecular complexity index is 858. The maximum atomic E-state index is 9.18. The number of hydrogen-bond acceptors (Lipinski definition) is 5. The number of para-hydroxylation sites is 1. The summed E-state index contributed by atoms with van der Waals surface area (Å²) < 4.78 is 1.77. The lowest BCUT2D eigenvalue weighted by Crippen LogP contribution is -2.04. The van der Waals surface area contributed by atoms with Crippen molar-refractivity contribution >= 4 is 11.8 Å². The largest absolute Gasteiger partial charge is 0.214 e. The number of thioether (sulfide) groups is 1. The SMILES string of the molecule is Cc1cccc(C)c1-n1nnnc1SCc1ccccc1C#N. The Morgan fingerprint density at radius 2 is 1.83 bits per heavy atom. The van der Waals surface area contributed by atoms with E-state index < -0.39 is 0 Å². The fourth-order valence-corrected chi connectivity index (χ4v) is 3.33. The van der Waals surface area contributed by atoms with Crippen molar-refractivity contribution in [1.82, 2.24) is 20.2 Å². The number of aromatic nitrogens is 4. The predicted molar refractivity (Wildman–Crippen MR) is 89.3 cm³/mol. The average Bonchev–Trinajstić information content (AvgIpc) is 3.01. The Labute approximate surface area is 139 Å². The van der Waals surface area contributed by atoms with Gasteiger partial charge in [-0.2, -0.15) is 9.94 Å². The number of aryl methyl sites for hydroxylation is 2. The zero-order valence-electron chi connectivity index (χ0n) is 12.9. The number of nitrogens with zero attached hydrogens (tertiary/aromatic N) is 5. The molecule has 0 saturated heterocycles. The average molecular weight is 321 g/mol. The fraction of sp³-hybridized carbons (Fsp3) is 0.176. The standard InChI is InChI=1S/C17H15N5S/c1-12-6-5-7-13(2)16(12)22-17(19-20-21-22)23-11-15-9-4-3-8-14(15)10-18/h3-9H,11H2,1-2H3. The molecule has 0 amide bonds. The van der Waals surface area contributed by atoms with Crippen molar-refractivity contribution < 1.29 is 0 Å². The molecule has 0 spiro atoms. The highest BCUT2D eigenvalue weighted by Crippen LogP contribution is 2.26. The van der Waals surface area contributed by atoms with Crippen LogP contribution in [0.3, 0.4) is 0 Å². The van der Waals surface area contributed by atoms with Gasteiger partial charge in [0.2, 0.25) is 5.16 Å². The molecule has 0 fully saturated rings. The molecule has 6 heteroatoms. The van der Waals surface area contributed by atoms with Crippen molar-refractivity contribution in [2.45, 2.75) is 24.8 Å². The molecule has 0 saturated carbocycles. The van der Waals surface area contributed by atoms with Gasteiger partial charge in [-0.15, -0.1) is 5.10 Å². The molecule has 0 bridgehead atoms. The first-order valence-corrected chi connectivity index (χ1v) is 8.15. The molecular formula is C17H15N5S. The van der Waals surface area contributed by atoms with Gasteiger partial charge in [-0.25, -0.2) is 0 Å². The second kappa shape index (κ2) is 6.63. The summed E-state index contributed by atoms with van der Waals surface area (Å²) in [5, 5.41) is 22.0. The Kier molecular flexibility index (Phi) is 4.40. The van der Waals surface area contributed by atoms with Gasteiger partial charge in [0.05, 0.1) is 17.3 Å². The molecular weight excluding hydrogens is 306 g/mol. The van der Waals surface area contributed by atoms with Crippen LogP contribution in [0.2, 0.25) is 0 Å². The molecule has 0 N–H and O–H groups in total. The van der Waals surface area contributed by atoms with E-state index in [9.17, 15) is 5.26 Å². The zero-order chi connectivity index (χ0) is 16.2.